The van der Waals surface area contributed by atoms with Gasteiger partial charge in [-0.2, -0.15) is 15.5 Å². The van der Waals surface area contributed by atoms with E-state index in [-0.39, 0.29) is 11.8 Å². The predicted octanol–water partition coefficient (Wildman–Crippen LogP) is 4.85. The van der Waals surface area contributed by atoms with Gasteiger partial charge in [0, 0.05) is 11.4 Å². The van der Waals surface area contributed by atoms with Gasteiger partial charge in [0.05, 0.1) is 18.7 Å². The summed E-state index contributed by atoms with van der Waals surface area (Å²) in [5, 5.41) is 23.7. The summed E-state index contributed by atoms with van der Waals surface area (Å²) in [6.45, 7) is 3.34. The van der Waals surface area contributed by atoms with E-state index in [1.165, 1.54) is 0 Å². The number of rotatable bonds is 7. The molecule has 2 N–H and O–H groups in total. The largest absolute Gasteiger partial charge is 0.473 e. The lowest BCUT2D eigenvalue weighted by Crippen LogP contribution is -2.25. The molecule has 3 aromatic rings. The third kappa shape index (κ3) is 5.43. The molecule has 0 radical (unpaired) electrons. The summed E-state index contributed by atoms with van der Waals surface area (Å²) in [5.41, 5.74) is 1.27. The van der Waals surface area contributed by atoms with Gasteiger partial charge in [-0.05, 0) is 55.8 Å². The molecule has 0 spiro atoms. The summed E-state index contributed by atoms with van der Waals surface area (Å²) in [7, 11) is 0. The SMILES string of the molecule is CC(C)(C#N)Oc1ccc(Nc2nc(Nc3ccc(CC#N)cc3)ncc2F)cc1. The summed E-state index contributed by atoms with van der Waals surface area (Å²) in [4.78, 5) is 8.14. The molecule has 0 unspecified atom stereocenters. The maximum Gasteiger partial charge on any atom is 0.229 e. The number of halogens is 1. The van der Waals surface area contributed by atoms with Crippen molar-refractivity contribution in [2.75, 3.05) is 10.6 Å². The molecule has 3 rings (SSSR count). The highest BCUT2D eigenvalue weighted by atomic mass is 19.1. The number of aromatic nitrogens is 2. The summed E-state index contributed by atoms with van der Waals surface area (Å²) in [5.74, 6) is 0.163. The van der Waals surface area contributed by atoms with Gasteiger partial charge in [-0.3, -0.25) is 0 Å². The van der Waals surface area contributed by atoms with Gasteiger partial charge in [0.15, 0.2) is 17.2 Å². The van der Waals surface area contributed by atoms with E-state index in [1.807, 2.05) is 12.1 Å². The molecule has 0 saturated heterocycles. The Morgan fingerprint density at radius 1 is 1.00 bits per heavy atom. The first-order valence-electron chi connectivity index (χ1n) is 9.11. The molecule has 150 valence electrons. The lowest BCUT2D eigenvalue weighted by molar-refractivity contribution is 0.170. The lowest BCUT2D eigenvalue weighted by atomic mass is 10.1. The topological polar surface area (TPSA) is 107 Å². The minimum absolute atomic E-state index is 0.0135. The number of hydrogen-bond donors (Lipinski definition) is 2. The summed E-state index contributed by atoms with van der Waals surface area (Å²) in [6, 6.07) is 18.2. The Balaban J connectivity index is 1.71. The van der Waals surface area contributed by atoms with Crippen LogP contribution in [0.1, 0.15) is 19.4 Å². The molecule has 8 heteroatoms. The van der Waals surface area contributed by atoms with Crippen molar-refractivity contribution in [3.05, 3.63) is 66.1 Å². The van der Waals surface area contributed by atoms with Crippen LogP contribution in [0.25, 0.3) is 0 Å². The maximum atomic E-state index is 14.2. The van der Waals surface area contributed by atoms with Crippen molar-refractivity contribution in [3.63, 3.8) is 0 Å². The number of ether oxygens (including phenoxy) is 1. The summed E-state index contributed by atoms with van der Waals surface area (Å²) >= 11 is 0. The van der Waals surface area contributed by atoms with E-state index in [2.05, 4.69) is 32.7 Å². The molecule has 0 fully saturated rings. The molecule has 0 amide bonds. The van der Waals surface area contributed by atoms with Crippen LogP contribution in [0.5, 0.6) is 5.75 Å². The maximum absolute atomic E-state index is 14.2. The summed E-state index contributed by atoms with van der Waals surface area (Å²) < 4.78 is 19.7. The Morgan fingerprint density at radius 3 is 2.27 bits per heavy atom. The minimum Gasteiger partial charge on any atom is -0.473 e. The van der Waals surface area contributed by atoms with Gasteiger partial charge in [-0.25, -0.2) is 9.37 Å². The molecule has 2 aromatic carbocycles. The van der Waals surface area contributed by atoms with E-state index in [0.717, 1.165) is 17.4 Å². The average molecular weight is 402 g/mol. The Morgan fingerprint density at radius 2 is 1.63 bits per heavy atom. The highest BCUT2D eigenvalue weighted by Crippen LogP contribution is 2.24. The molecule has 0 aliphatic rings. The molecule has 30 heavy (non-hydrogen) atoms. The monoisotopic (exact) mass is 402 g/mol. The molecule has 7 nitrogen and oxygen atoms in total. The van der Waals surface area contributed by atoms with E-state index in [4.69, 9.17) is 15.3 Å². The zero-order valence-corrected chi connectivity index (χ0v) is 16.5. The van der Waals surface area contributed by atoms with Crippen molar-refractivity contribution in [2.24, 2.45) is 0 Å². The van der Waals surface area contributed by atoms with Gasteiger partial charge in [0.1, 0.15) is 11.8 Å². The number of nitriles is 2. The number of nitrogens with zero attached hydrogens (tertiary/aromatic N) is 4. The number of hydrogen-bond acceptors (Lipinski definition) is 7. The van der Waals surface area contributed by atoms with Crippen LogP contribution in [-0.4, -0.2) is 15.6 Å². The highest BCUT2D eigenvalue weighted by Gasteiger charge is 2.18. The molecule has 0 aliphatic carbocycles. The normalized spacial score (nSPS) is 10.6. The van der Waals surface area contributed by atoms with Crippen LogP contribution in [0, 0.1) is 28.5 Å². The van der Waals surface area contributed by atoms with Crippen molar-refractivity contribution < 1.29 is 9.13 Å². The van der Waals surface area contributed by atoms with E-state index in [9.17, 15) is 4.39 Å². The minimum atomic E-state index is -0.943. The quantitative estimate of drug-likeness (QED) is 0.582. The van der Waals surface area contributed by atoms with Crippen LogP contribution in [0.3, 0.4) is 0 Å². The average Bonchev–Trinajstić information content (AvgIpc) is 2.73. The second-order valence-corrected chi connectivity index (χ2v) is 6.92. The number of benzene rings is 2. The molecular formula is C22H19FN6O. The Bertz CT molecular complexity index is 1100. The van der Waals surface area contributed by atoms with E-state index < -0.39 is 11.4 Å². The molecule has 1 aromatic heterocycles. The number of nitrogens with one attached hydrogen (secondary N) is 2. The van der Waals surface area contributed by atoms with Crippen LogP contribution in [-0.2, 0) is 6.42 Å². The van der Waals surface area contributed by atoms with Crippen molar-refractivity contribution in [3.8, 4) is 17.9 Å². The smallest absolute Gasteiger partial charge is 0.229 e. The lowest BCUT2D eigenvalue weighted by Gasteiger charge is -2.18. The number of anilines is 4. The van der Waals surface area contributed by atoms with Crippen molar-refractivity contribution in [1.29, 1.82) is 10.5 Å². The van der Waals surface area contributed by atoms with E-state index in [1.54, 1.807) is 50.2 Å². The van der Waals surface area contributed by atoms with Gasteiger partial charge < -0.3 is 15.4 Å². The fraction of sp³-hybridized carbons (Fsp3) is 0.182. The predicted molar refractivity (Wildman–Crippen MR) is 111 cm³/mol. The Labute approximate surface area is 173 Å². The van der Waals surface area contributed by atoms with Crippen LogP contribution in [0.4, 0.5) is 27.5 Å². The molecule has 1 heterocycles. The second kappa shape index (κ2) is 8.89. The first-order chi connectivity index (χ1) is 14.4. The highest BCUT2D eigenvalue weighted by molar-refractivity contribution is 5.60. The van der Waals surface area contributed by atoms with Crippen LogP contribution in [0.15, 0.2) is 54.7 Å². The van der Waals surface area contributed by atoms with Gasteiger partial charge in [0.25, 0.3) is 0 Å². The van der Waals surface area contributed by atoms with Crippen LogP contribution in [0.2, 0.25) is 0 Å². The summed E-state index contributed by atoms with van der Waals surface area (Å²) in [6.07, 6.45) is 1.41. The van der Waals surface area contributed by atoms with Crippen LogP contribution < -0.4 is 15.4 Å². The second-order valence-electron chi connectivity index (χ2n) is 6.92. The van der Waals surface area contributed by atoms with Gasteiger partial charge in [-0.15, -0.1) is 0 Å². The molecular weight excluding hydrogens is 383 g/mol. The zero-order valence-electron chi connectivity index (χ0n) is 16.5. The van der Waals surface area contributed by atoms with Crippen molar-refractivity contribution in [2.45, 2.75) is 25.9 Å². The van der Waals surface area contributed by atoms with Crippen molar-refractivity contribution in [1.82, 2.24) is 9.97 Å². The molecule has 0 bridgehead atoms. The third-order valence-corrected chi connectivity index (χ3v) is 4.00. The molecule has 0 saturated carbocycles. The van der Waals surface area contributed by atoms with Gasteiger partial charge >= 0.3 is 0 Å². The van der Waals surface area contributed by atoms with Crippen LogP contribution >= 0.6 is 0 Å². The Hall–Kier alpha value is -4.17. The first-order valence-corrected chi connectivity index (χ1v) is 9.11. The third-order valence-electron chi connectivity index (χ3n) is 4.00. The van der Waals surface area contributed by atoms with Gasteiger partial charge in [0.2, 0.25) is 5.95 Å². The molecule has 0 atom stereocenters. The Kier molecular flexibility index (Phi) is 6.09. The fourth-order valence-electron chi connectivity index (χ4n) is 2.50. The standard InChI is InChI=1S/C22H19FN6O/c1-22(2,14-25)30-18-9-7-16(8-10-18)27-20-19(23)13-26-21(29-20)28-17-5-3-15(4-6-17)11-12-24/h3-10,13H,11H2,1-2H3,(H2,26,27,28,29). The molecule has 0 aliphatic heterocycles. The fourth-order valence-corrected chi connectivity index (χ4v) is 2.50. The first kappa shape index (κ1) is 20.6. The van der Waals surface area contributed by atoms with Crippen molar-refractivity contribution >= 4 is 23.1 Å². The zero-order chi connectivity index (χ0) is 21.6. The van der Waals surface area contributed by atoms with Gasteiger partial charge in [-0.1, -0.05) is 12.1 Å². The van der Waals surface area contributed by atoms with E-state index in [0.29, 0.717) is 17.9 Å². The van der Waals surface area contributed by atoms with E-state index >= 15 is 0 Å².